The Morgan fingerprint density at radius 1 is 1.08 bits per heavy atom. The first-order valence-electron chi connectivity index (χ1n) is 12.8. The Hall–Kier alpha value is -3.45. The molecule has 0 bridgehead atoms. The van der Waals surface area contributed by atoms with Crippen LogP contribution in [0.15, 0.2) is 30.6 Å². The minimum Gasteiger partial charge on any atom is -0.474 e. The van der Waals surface area contributed by atoms with E-state index in [2.05, 4.69) is 29.9 Å². The number of hydrogen-bond donors (Lipinski definition) is 2. The Morgan fingerprint density at radius 2 is 1.84 bits per heavy atom. The molecule has 1 saturated heterocycles. The van der Waals surface area contributed by atoms with Gasteiger partial charge in [-0.25, -0.2) is 13.4 Å². The number of hydrogen-bond acceptors (Lipinski definition) is 11. The van der Waals surface area contributed by atoms with Crippen LogP contribution in [0.4, 0.5) is 23.3 Å². The second-order valence-electron chi connectivity index (χ2n) is 9.92. The summed E-state index contributed by atoms with van der Waals surface area (Å²) in [5.41, 5.74) is 1.07. The smallest absolute Gasteiger partial charge is 0.229 e. The number of pyridine rings is 2. The van der Waals surface area contributed by atoms with Gasteiger partial charge in [-0.2, -0.15) is 9.97 Å². The topological polar surface area (TPSA) is 135 Å². The molecular formula is C25H34N8O4S. The first-order valence-corrected chi connectivity index (χ1v) is 14.7. The highest BCUT2D eigenvalue weighted by Gasteiger charge is 2.25. The fraction of sp³-hybridized carbons (Fsp3) is 0.520. The predicted octanol–water partition coefficient (Wildman–Crippen LogP) is 2.50. The number of fused-ring (bicyclic) bond motifs is 1. The lowest BCUT2D eigenvalue weighted by Gasteiger charge is -2.31. The molecule has 204 valence electrons. The summed E-state index contributed by atoms with van der Waals surface area (Å²) >= 11 is 0. The summed E-state index contributed by atoms with van der Waals surface area (Å²) in [6.07, 6.45) is 7.85. The summed E-state index contributed by atoms with van der Waals surface area (Å²) in [5.74, 6) is 2.73. The highest BCUT2D eigenvalue weighted by molar-refractivity contribution is 7.92. The van der Waals surface area contributed by atoms with Crippen LogP contribution < -0.4 is 24.6 Å². The van der Waals surface area contributed by atoms with Crippen molar-refractivity contribution >= 4 is 44.2 Å². The molecular weight excluding hydrogens is 508 g/mol. The number of rotatable bonds is 8. The molecule has 1 aliphatic heterocycles. The van der Waals surface area contributed by atoms with E-state index in [0.29, 0.717) is 41.6 Å². The van der Waals surface area contributed by atoms with E-state index in [1.807, 2.05) is 31.1 Å². The third-order valence-corrected chi connectivity index (χ3v) is 7.26. The molecule has 38 heavy (non-hydrogen) atoms. The Balaban J connectivity index is 1.33. The van der Waals surface area contributed by atoms with Crippen LogP contribution in [-0.2, 0) is 14.8 Å². The SMILES string of the molecule is CN(C)c1ccnc(NC2CCC(Oc3nc(N4CCOCC4)cc4ncc(NS(C)(=O)=O)cc34)CC2)n1. The maximum atomic E-state index is 11.8. The molecule has 2 aliphatic rings. The standard InChI is InChI=1S/C25H34N8O4S/c1-32(2)22-8-9-26-25(30-22)28-17-4-6-19(7-5-17)37-24-20-14-18(31-38(3,34)35)16-27-21(20)15-23(29-24)33-10-12-36-13-11-33/h8-9,14-17,19,31H,4-7,10-13H2,1-3H3,(H,26,28,30). The normalized spacial score (nSPS) is 20.2. The van der Waals surface area contributed by atoms with Gasteiger partial charge in [0.1, 0.15) is 17.7 Å². The van der Waals surface area contributed by atoms with Gasteiger partial charge in [0.2, 0.25) is 21.9 Å². The molecule has 0 aromatic carbocycles. The number of nitrogens with zero attached hydrogens (tertiary/aromatic N) is 6. The number of aromatic nitrogens is 4. The molecule has 1 aliphatic carbocycles. The number of ether oxygens (including phenoxy) is 2. The molecule has 3 aromatic rings. The molecule has 0 amide bonds. The van der Waals surface area contributed by atoms with Crippen LogP contribution in [-0.4, -0.2) is 87.2 Å². The summed E-state index contributed by atoms with van der Waals surface area (Å²) in [4.78, 5) is 22.4. The predicted molar refractivity (Wildman–Crippen MR) is 148 cm³/mol. The van der Waals surface area contributed by atoms with Crippen molar-refractivity contribution in [3.63, 3.8) is 0 Å². The summed E-state index contributed by atoms with van der Waals surface area (Å²) in [5, 5.41) is 4.13. The zero-order valence-electron chi connectivity index (χ0n) is 21.9. The van der Waals surface area contributed by atoms with Crippen molar-refractivity contribution in [2.45, 2.75) is 37.8 Å². The highest BCUT2D eigenvalue weighted by Crippen LogP contribution is 2.33. The zero-order valence-corrected chi connectivity index (χ0v) is 22.7. The van der Waals surface area contributed by atoms with Gasteiger partial charge in [0.25, 0.3) is 0 Å². The van der Waals surface area contributed by atoms with Crippen molar-refractivity contribution in [1.82, 2.24) is 19.9 Å². The molecule has 5 rings (SSSR count). The second kappa shape index (κ2) is 11.1. The average molecular weight is 543 g/mol. The van der Waals surface area contributed by atoms with Crippen molar-refractivity contribution in [2.75, 3.05) is 66.5 Å². The average Bonchev–Trinajstić information content (AvgIpc) is 2.89. The lowest BCUT2D eigenvalue weighted by Crippen LogP contribution is -2.37. The molecule has 3 aromatic heterocycles. The molecule has 2 N–H and O–H groups in total. The summed E-state index contributed by atoms with van der Waals surface area (Å²) < 4.78 is 38.1. The van der Waals surface area contributed by atoms with Gasteiger partial charge >= 0.3 is 0 Å². The Labute approximate surface area is 222 Å². The van der Waals surface area contributed by atoms with E-state index in [1.54, 1.807) is 12.3 Å². The third-order valence-electron chi connectivity index (χ3n) is 6.65. The maximum Gasteiger partial charge on any atom is 0.229 e. The van der Waals surface area contributed by atoms with Gasteiger partial charge in [0.15, 0.2) is 0 Å². The van der Waals surface area contributed by atoms with Gasteiger partial charge < -0.3 is 24.6 Å². The van der Waals surface area contributed by atoms with E-state index < -0.39 is 10.0 Å². The van der Waals surface area contributed by atoms with E-state index in [4.69, 9.17) is 14.5 Å². The van der Waals surface area contributed by atoms with Crippen molar-refractivity contribution in [1.29, 1.82) is 0 Å². The number of anilines is 4. The molecule has 1 saturated carbocycles. The monoisotopic (exact) mass is 542 g/mol. The van der Waals surface area contributed by atoms with Crippen LogP contribution >= 0.6 is 0 Å². The molecule has 13 heteroatoms. The van der Waals surface area contributed by atoms with E-state index in [0.717, 1.165) is 56.7 Å². The fourth-order valence-corrected chi connectivity index (χ4v) is 5.27. The molecule has 0 atom stereocenters. The summed E-state index contributed by atoms with van der Waals surface area (Å²) in [6.45, 7) is 2.75. The van der Waals surface area contributed by atoms with Crippen LogP contribution in [0.2, 0.25) is 0 Å². The first-order chi connectivity index (χ1) is 18.2. The van der Waals surface area contributed by atoms with Crippen LogP contribution in [0, 0.1) is 0 Å². The Bertz CT molecular complexity index is 1370. The number of sulfonamides is 1. The van der Waals surface area contributed by atoms with Gasteiger partial charge in [-0.15, -0.1) is 0 Å². The van der Waals surface area contributed by atoms with Crippen molar-refractivity contribution < 1.29 is 17.9 Å². The fourth-order valence-electron chi connectivity index (χ4n) is 4.73. The Kier molecular flexibility index (Phi) is 7.65. The quantitative estimate of drug-likeness (QED) is 0.435. The first kappa shape index (κ1) is 26.2. The Morgan fingerprint density at radius 3 is 2.55 bits per heavy atom. The van der Waals surface area contributed by atoms with Crippen LogP contribution in [0.3, 0.4) is 0 Å². The van der Waals surface area contributed by atoms with E-state index in [1.165, 1.54) is 6.20 Å². The second-order valence-corrected chi connectivity index (χ2v) is 11.7. The molecule has 12 nitrogen and oxygen atoms in total. The van der Waals surface area contributed by atoms with E-state index in [-0.39, 0.29) is 12.1 Å². The highest BCUT2D eigenvalue weighted by atomic mass is 32.2. The van der Waals surface area contributed by atoms with Crippen molar-refractivity contribution in [3.8, 4) is 5.88 Å². The van der Waals surface area contributed by atoms with Crippen molar-refractivity contribution in [3.05, 3.63) is 30.6 Å². The molecule has 0 spiro atoms. The lowest BCUT2D eigenvalue weighted by molar-refractivity contribution is 0.122. The van der Waals surface area contributed by atoms with Crippen molar-refractivity contribution in [2.24, 2.45) is 0 Å². The minimum atomic E-state index is -3.44. The minimum absolute atomic E-state index is 0.0239. The summed E-state index contributed by atoms with van der Waals surface area (Å²) in [6, 6.07) is 5.78. The van der Waals surface area contributed by atoms with Gasteiger partial charge in [-0.1, -0.05) is 0 Å². The van der Waals surface area contributed by atoms with Crippen LogP contribution in [0.25, 0.3) is 10.9 Å². The van der Waals surface area contributed by atoms with Crippen LogP contribution in [0.5, 0.6) is 5.88 Å². The molecule has 0 radical (unpaired) electrons. The third kappa shape index (κ3) is 6.51. The number of nitrogens with one attached hydrogen (secondary N) is 2. The van der Waals surface area contributed by atoms with Gasteiger partial charge in [0, 0.05) is 45.5 Å². The maximum absolute atomic E-state index is 11.8. The molecule has 4 heterocycles. The van der Waals surface area contributed by atoms with Gasteiger partial charge in [-0.05, 0) is 37.8 Å². The van der Waals surface area contributed by atoms with Gasteiger partial charge in [0.05, 0.1) is 42.3 Å². The molecule has 2 fully saturated rings. The lowest BCUT2D eigenvalue weighted by atomic mass is 9.93. The number of morpholine rings is 1. The van der Waals surface area contributed by atoms with E-state index >= 15 is 0 Å². The molecule has 0 unspecified atom stereocenters. The zero-order chi connectivity index (χ0) is 26.7. The summed E-state index contributed by atoms with van der Waals surface area (Å²) in [7, 11) is 0.465. The largest absolute Gasteiger partial charge is 0.474 e. The van der Waals surface area contributed by atoms with Gasteiger partial charge in [-0.3, -0.25) is 9.71 Å². The van der Waals surface area contributed by atoms with Crippen LogP contribution in [0.1, 0.15) is 25.7 Å². The van der Waals surface area contributed by atoms with E-state index in [9.17, 15) is 8.42 Å².